The van der Waals surface area contributed by atoms with Gasteiger partial charge in [-0.05, 0) is 55.7 Å². The van der Waals surface area contributed by atoms with Gasteiger partial charge in [-0.15, -0.1) is 0 Å². The Morgan fingerprint density at radius 3 is 2.50 bits per heavy atom. The zero-order valence-corrected chi connectivity index (χ0v) is 25.6. The molecule has 234 valence electrons. The van der Waals surface area contributed by atoms with Crippen LogP contribution in [0.2, 0.25) is 0 Å². The van der Waals surface area contributed by atoms with Crippen molar-refractivity contribution in [1.29, 1.82) is 0 Å². The molecule has 0 spiro atoms. The van der Waals surface area contributed by atoms with Crippen molar-refractivity contribution in [1.82, 2.24) is 20.9 Å². The second kappa shape index (κ2) is 15.2. The molecule has 0 aliphatic heterocycles. The van der Waals surface area contributed by atoms with Gasteiger partial charge >= 0.3 is 12.1 Å². The van der Waals surface area contributed by atoms with E-state index in [-0.39, 0.29) is 25.0 Å². The van der Waals surface area contributed by atoms with Crippen molar-refractivity contribution in [3.05, 3.63) is 84.1 Å². The van der Waals surface area contributed by atoms with Gasteiger partial charge in [0.25, 0.3) is 0 Å². The van der Waals surface area contributed by atoms with E-state index in [4.69, 9.17) is 4.74 Å². The fourth-order valence-corrected chi connectivity index (χ4v) is 5.60. The number of fused-ring (bicyclic) bond motifs is 1. The summed E-state index contributed by atoms with van der Waals surface area (Å²) in [6.07, 6.45) is 7.63. The highest BCUT2D eigenvalue weighted by molar-refractivity contribution is 5.95. The molecular weight excluding hydrogens is 560 g/mol. The maximum atomic E-state index is 14.1. The van der Waals surface area contributed by atoms with Gasteiger partial charge in [0, 0.05) is 42.2 Å². The first kappa shape index (κ1) is 32.3. The first-order valence-electron chi connectivity index (χ1n) is 15.1. The van der Waals surface area contributed by atoms with Crippen LogP contribution in [0.4, 0.5) is 4.79 Å². The van der Waals surface area contributed by atoms with E-state index in [1.165, 1.54) is 7.11 Å². The van der Waals surface area contributed by atoms with Crippen LogP contribution >= 0.6 is 0 Å². The number of aromatic nitrogens is 1. The lowest BCUT2D eigenvalue weighted by Crippen LogP contribution is -2.61. The number of rotatable bonds is 12. The number of nitrogens with one attached hydrogen (secondary N) is 4. The van der Waals surface area contributed by atoms with E-state index in [9.17, 15) is 19.2 Å². The molecule has 10 nitrogen and oxygen atoms in total. The van der Waals surface area contributed by atoms with Crippen LogP contribution < -0.4 is 16.0 Å². The lowest BCUT2D eigenvalue weighted by atomic mass is 9.88. The second-order valence-corrected chi connectivity index (χ2v) is 11.7. The third-order valence-corrected chi connectivity index (χ3v) is 8.14. The Balaban J connectivity index is 1.55. The molecule has 0 bridgehead atoms. The van der Waals surface area contributed by atoms with E-state index in [1.807, 2.05) is 60.8 Å². The summed E-state index contributed by atoms with van der Waals surface area (Å²) >= 11 is 0. The van der Waals surface area contributed by atoms with Gasteiger partial charge < -0.3 is 30.4 Å². The number of amides is 3. The summed E-state index contributed by atoms with van der Waals surface area (Å²) < 4.78 is 10.4. The fraction of sp³-hybridized carbons (Fsp3) is 0.412. The summed E-state index contributed by atoms with van der Waals surface area (Å²) in [5, 5.41) is 9.66. The normalized spacial score (nSPS) is 18.6. The van der Waals surface area contributed by atoms with Crippen molar-refractivity contribution >= 4 is 34.8 Å². The summed E-state index contributed by atoms with van der Waals surface area (Å²) in [6, 6.07) is 16.8. The fourth-order valence-electron chi connectivity index (χ4n) is 5.60. The summed E-state index contributed by atoms with van der Waals surface area (Å²) in [5.41, 5.74) is 1.36. The molecular formula is C34H42N4O6. The Bertz CT molecular complexity index is 1470. The number of para-hydroxylation sites is 1. The van der Waals surface area contributed by atoms with Crippen LogP contribution in [0.1, 0.15) is 50.7 Å². The predicted octanol–water partition coefficient (Wildman–Crippen LogP) is 4.35. The number of hydrogen-bond donors (Lipinski definition) is 4. The van der Waals surface area contributed by atoms with Gasteiger partial charge in [-0.1, -0.05) is 61.9 Å². The Labute approximate surface area is 258 Å². The summed E-state index contributed by atoms with van der Waals surface area (Å²) in [5.74, 6) is -1.33. The number of H-pyrrole nitrogens is 1. The van der Waals surface area contributed by atoms with Crippen LogP contribution in [-0.4, -0.2) is 60.2 Å². The molecule has 3 amide bonds. The lowest BCUT2D eigenvalue weighted by molar-refractivity contribution is -0.135. The maximum absolute atomic E-state index is 14.1. The first-order chi connectivity index (χ1) is 21.2. The standard InChI is InChI=1S/C34H42N4O6/c1-23-11-7-10-16-29(23)44-33(42)38-34(2,20-25-21-35-28-15-9-8-14-27(25)28)32(41)37-26(19-24-12-5-4-6-13-24)22-36-30(39)17-18-31(40)43-3/h4-6,8-9,12-15,17-18,21,23,26,29,35H,7,10-11,16,19-20,22H2,1-3H3,(H,36,39)(H,37,41)(H,38,42)/b18-17+/t23-,26-,29-,34+/m0/s1. The summed E-state index contributed by atoms with van der Waals surface area (Å²) in [6.45, 7) is 3.85. The van der Waals surface area contributed by atoms with Gasteiger partial charge in [-0.25, -0.2) is 9.59 Å². The molecule has 2 aromatic carbocycles. The predicted molar refractivity (Wildman–Crippen MR) is 168 cm³/mol. The molecule has 1 aliphatic carbocycles. The van der Waals surface area contributed by atoms with Gasteiger partial charge in [0.05, 0.1) is 13.2 Å². The lowest BCUT2D eigenvalue weighted by Gasteiger charge is -2.34. The highest BCUT2D eigenvalue weighted by Crippen LogP contribution is 2.27. The number of benzene rings is 2. The van der Waals surface area contributed by atoms with E-state index in [0.717, 1.165) is 59.9 Å². The van der Waals surface area contributed by atoms with Gasteiger partial charge in [0.2, 0.25) is 11.8 Å². The molecule has 0 saturated heterocycles. The third kappa shape index (κ3) is 8.95. The van der Waals surface area contributed by atoms with Crippen molar-refractivity contribution < 1.29 is 28.7 Å². The second-order valence-electron chi connectivity index (χ2n) is 11.7. The van der Waals surface area contributed by atoms with Crippen molar-refractivity contribution in [2.45, 2.75) is 70.1 Å². The molecule has 4 N–H and O–H groups in total. The number of carbonyl (C=O) groups is 4. The average molecular weight is 603 g/mol. The van der Waals surface area contributed by atoms with E-state index < -0.39 is 35.5 Å². The summed E-state index contributed by atoms with van der Waals surface area (Å²) in [7, 11) is 1.23. The van der Waals surface area contributed by atoms with Crippen molar-refractivity contribution in [2.75, 3.05) is 13.7 Å². The van der Waals surface area contributed by atoms with Crippen molar-refractivity contribution in [3.8, 4) is 0 Å². The minimum absolute atomic E-state index is 0.0815. The largest absolute Gasteiger partial charge is 0.466 e. The van der Waals surface area contributed by atoms with Crippen LogP contribution in [0.15, 0.2) is 72.9 Å². The Morgan fingerprint density at radius 2 is 1.75 bits per heavy atom. The van der Waals surface area contributed by atoms with E-state index >= 15 is 0 Å². The maximum Gasteiger partial charge on any atom is 0.408 e. The van der Waals surface area contributed by atoms with Gasteiger partial charge in [0.1, 0.15) is 11.6 Å². The first-order valence-corrected chi connectivity index (χ1v) is 15.1. The number of methoxy groups -OCH3 is 1. The quantitative estimate of drug-likeness (QED) is 0.180. The molecule has 4 atom stereocenters. The van der Waals surface area contributed by atoms with Gasteiger partial charge in [0.15, 0.2) is 0 Å². The zero-order valence-electron chi connectivity index (χ0n) is 25.6. The number of ether oxygens (including phenoxy) is 2. The average Bonchev–Trinajstić information content (AvgIpc) is 3.42. The minimum atomic E-state index is -1.39. The van der Waals surface area contributed by atoms with Gasteiger partial charge in [-0.3, -0.25) is 9.59 Å². The number of esters is 1. The summed E-state index contributed by atoms with van der Waals surface area (Å²) in [4.78, 5) is 54.5. The molecule has 1 heterocycles. The Hall–Kier alpha value is -4.60. The molecule has 3 aromatic rings. The molecule has 1 aromatic heterocycles. The van der Waals surface area contributed by atoms with E-state index in [2.05, 4.69) is 32.6 Å². The Morgan fingerprint density at radius 1 is 1.02 bits per heavy atom. The smallest absolute Gasteiger partial charge is 0.408 e. The molecule has 0 radical (unpaired) electrons. The van der Waals surface area contributed by atoms with E-state index in [1.54, 1.807) is 6.92 Å². The number of hydrogen-bond acceptors (Lipinski definition) is 6. The number of carbonyl (C=O) groups excluding carboxylic acids is 4. The van der Waals surface area contributed by atoms with Crippen LogP contribution in [0.5, 0.6) is 0 Å². The Kier molecular flexibility index (Phi) is 11.2. The highest BCUT2D eigenvalue weighted by Gasteiger charge is 2.38. The SMILES string of the molecule is COC(=O)/C=C/C(=O)NC[C@H](Cc1ccccc1)NC(=O)[C@@](C)(Cc1c[nH]c2ccccc12)NC(=O)O[C@H]1CCCC[C@@H]1C. The highest BCUT2D eigenvalue weighted by atomic mass is 16.6. The molecule has 1 saturated carbocycles. The molecule has 1 fully saturated rings. The van der Waals surface area contributed by atoms with Crippen molar-refractivity contribution in [3.63, 3.8) is 0 Å². The molecule has 0 unspecified atom stereocenters. The van der Waals surface area contributed by atoms with Crippen LogP contribution in [0, 0.1) is 5.92 Å². The molecule has 10 heteroatoms. The van der Waals surface area contributed by atoms with Gasteiger partial charge in [-0.2, -0.15) is 0 Å². The number of aromatic amines is 1. The molecule has 4 rings (SSSR count). The topological polar surface area (TPSA) is 139 Å². The van der Waals surface area contributed by atoms with Crippen molar-refractivity contribution in [2.24, 2.45) is 5.92 Å². The molecule has 44 heavy (non-hydrogen) atoms. The number of alkyl carbamates (subject to hydrolysis) is 1. The molecule has 1 aliphatic rings. The minimum Gasteiger partial charge on any atom is -0.466 e. The third-order valence-electron chi connectivity index (χ3n) is 8.14. The van der Waals surface area contributed by atoms with E-state index in [0.29, 0.717) is 6.42 Å². The monoisotopic (exact) mass is 602 g/mol. The van der Waals surface area contributed by atoms with Crippen LogP contribution in [0.25, 0.3) is 10.9 Å². The van der Waals surface area contributed by atoms with Crippen LogP contribution in [0.3, 0.4) is 0 Å². The van der Waals surface area contributed by atoms with Crippen LogP contribution in [-0.2, 0) is 36.7 Å². The zero-order chi connectivity index (χ0) is 31.5.